The Bertz CT molecular complexity index is 1090. The van der Waals surface area contributed by atoms with E-state index >= 15 is 0 Å². The molecular formula is C19H21FN6O2. The molecule has 0 spiro atoms. The fraction of sp³-hybridized carbons (Fsp3) is 0.368. The highest BCUT2D eigenvalue weighted by molar-refractivity contribution is 5.90. The Labute approximate surface area is 160 Å². The smallest absolute Gasteiger partial charge is 0.321 e. The Hall–Kier alpha value is -3.23. The number of nitrogens with one attached hydrogen (secondary N) is 2. The highest BCUT2D eigenvalue weighted by atomic mass is 19.1. The number of rotatable bonds is 2. The summed E-state index contributed by atoms with van der Waals surface area (Å²) in [5.41, 5.74) is 0.530. The molecule has 3 heterocycles. The van der Waals surface area contributed by atoms with Gasteiger partial charge in [0, 0.05) is 18.8 Å². The van der Waals surface area contributed by atoms with E-state index in [1.54, 1.807) is 9.58 Å². The maximum Gasteiger partial charge on any atom is 0.321 e. The molecule has 1 aromatic carbocycles. The zero-order chi connectivity index (χ0) is 20.1. The molecule has 2 aromatic heterocycles. The van der Waals surface area contributed by atoms with Gasteiger partial charge in [0.05, 0.1) is 17.7 Å². The lowest BCUT2D eigenvalue weighted by Gasteiger charge is -2.38. The molecule has 1 saturated heterocycles. The zero-order valence-corrected chi connectivity index (χ0v) is 15.9. The molecule has 0 saturated carbocycles. The van der Waals surface area contributed by atoms with Crippen LogP contribution in [0.2, 0.25) is 0 Å². The number of aromatic amines is 1. The zero-order valence-electron chi connectivity index (χ0n) is 15.9. The Morgan fingerprint density at radius 1 is 1.25 bits per heavy atom. The van der Waals surface area contributed by atoms with Gasteiger partial charge in [0.2, 0.25) is 0 Å². The predicted octanol–water partition coefficient (Wildman–Crippen LogP) is 2.65. The molecular weight excluding hydrogens is 363 g/mol. The van der Waals surface area contributed by atoms with Crippen molar-refractivity contribution in [3.8, 4) is 0 Å². The molecule has 8 nitrogen and oxygen atoms in total. The molecule has 1 aliphatic heterocycles. The van der Waals surface area contributed by atoms with Crippen LogP contribution in [0, 0.1) is 5.82 Å². The van der Waals surface area contributed by atoms with E-state index in [1.165, 1.54) is 30.5 Å². The number of amides is 2. The number of aromatic nitrogens is 4. The van der Waals surface area contributed by atoms with Crippen molar-refractivity contribution >= 4 is 22.8 Å². The molecule has 146 valence electrons. The minimum absolute atomic E-state index is 0.0561. The highest BCUT2D eigenvalue weighted by Crippen LogP contribution is 2.26. The summed E-state index contributed by atoms with van der Waals surface area (Å²) in [6, 6.07) is 5.31. The number of carbonyl (C=O) groups excluding carboxylic acids is 1. The van der Waals surface area contributed by atoms with Crippen molar-refractivity contribution in [2.45, 2.75) is 32.2 Å². The van der Waals surface area contributed by atoms with Crippen LogP contribution in [0.15, 0.2) is 35.3 Å². The highest BCUT2D eigenvalue weighted by Gasteiger charge is 2.34. The van der Waals surface area contributed by atoms with Crippen molar-refractivity contribution in [3.63, 3.8) is 0 Å². The predicted molar refractivity (Wildman–Crippen MR) is 103 cm³/mol. The number of urea groups is 1. The van der Waals surface area contributed by atoms with E-state index in [-0.39, 0.29) is 28.9 Å². The largest absolute Gasteiger partial charge is 0.323 e. The number of carbonyl (C=O) groups is 1. The third-order valence-electron chi connectivity index (χ3n) is 4.74. The van der Waals surface area contributed by atoms with Gasteiger partial charge in [0.1, 0.15) is 17.0 Å². The van der Waals surface area contributed by atoms with Gasteiger partial charge in [-0.05, 0) is 45.0 Å². The number of H-pyrrole nitrogens is 1. The number of likely N-dealkylation sites (tertiary alicyclic amines) is 1. The summed E-state index contributed by atoms with van der Waals surface area (Å²) in [4.78, 5) is 33.7. The maximum atomic E-state index is 13.0. The van der Waals surface area contributed by atoms with Crippen molar-refractivity contribution in [3.05, 3.63) is 52.5 Å². The molecule has 28 heavy (non-hydrogen) atoms. The van der Waals surface area contributed by atoms with Crippen molar-refractivity contribution < 1.29 is 9.18 Å². The molecule has 4 rings (SSSR count). The van der Waals surface area contributed by atoms with Gasteiger partial charge in [-0.2, -0.15) is 5.10 Å². The molecule has 0 atom stereocenters. The second-order valence-corrected chi connectivity index (χ2v) is 7.95. The van der Waals surface area contributed by atoms with Crippen molar-refractivity contribution in [2.24, 2.45) is 0 Å². The molecule has 0 bridgehead atoms. The average molecular weight is 384 g/mol. The van der Waals surface area contributed by atoms with Crippen LogP contribution in [0.1, 0.15) is 32.5 Å². The second-order valence-electron chi connectivity index (χ2n) is 7.95. The SMILES string of the molecule is CC(C)(C)n1ncc2c(=O)[nH]c(C3CN(C(=O)Nc4ccc(F)cc4)C3)nc21. The number of benzene rings is 1. The lowest BCUT2D eigenvalue weighted by atomic mass is 9.99. The molecule has 3 aromatic rings. The first-order chi connectivity index (χ1) is 13.2. The van der Waals surface area contributed by atoms with Crippen LogP contribution in [0.5, 0.6) is 0 Å². The summed E-state index contributed by atoms with van der Waals surface area (Å²) >= 11 is 0. The fourth-order valence-corrected chi connectivity index (χ4v) is 3.17. The minimum Gasteiger partial charge on any atom is -0.323 e. The summed E-state index contributed by atoms with van der Waals surface area (Å²) in [5.74, 6) is 0.135. The number of hydrogen-bond acceptors (Lipinski definition) is 4. The summed E-state index contributed by atoms with van der Waals surface area (Å²) in [5, 5.41) is 7.47. The van der Waals surface area contributed by atoms with Crippen LogP contribution in [0.4, 0.5) is 14.9 Å². The van der Waals surface area contributed by atoms with Gasteiger partial charge in [-0.15, -0.1) is 0 Å². The van der Waals surface area contributed by atoms with E-state index in [0.29, 0.717) is 35.6 Å². The second kappa shape index (κ2) is 6.43. The third kappa shape index (κ3) is 3.23. The van der Waals surface area contributed by atoms with Crippen LogP contribution in [-0.4, -0.2) is 43.8 Å². The van der Waals surface area contributed by atoms with E-state index in [1.807, 2.05) is 20.8 Å². The first kappa shape index (κ1) is 18.1. The molecule has 0 unspecified atom stereocenters. The van der Waals surface area contributed by atoms with Gasteiger partial charge in [-0.25, -0.2) is 18.9 Å². The number of nitrogens with zero attached hydrogens (tertiary/aromatic N) is 4. The van der Waals surface area contributed by atoms with Gasteiger partial charge in [0.25, 0.3) is 5.56 Å². The Morgan fingerprint density at radius 2 is 1.93 bits per heavy atom. The van der Waals surface area contributed by atoms with Gasteiger partial charge in [-0.3, -0.25) is 4.79 Å². The van der Waals surface area contributed by atoms with Crippen molar-refractivity contribution in [1.29, 1.82) is 0 Å². The van der Waals surface area contributed by atoms with E-state index < -0.39 is 0 Å². The van der Waals surface area contributed by atoms with Gasteiger partial charge in [-0.1, -0.05) is 0 Å². The van der Waals surface area contributed by atoms with Crippen LogP contribution < -0.4 is 10.9 Å². The molecule has 2 N–H and O–H groups in total. The van der Waals surface area contributed by atoms with Crippen LogP contribution in [0.3, 0.4) is 0 Å². The van der Waals surface area contributed by atoms with Gasteiger partial charge >= 0.3 is 6.03 Å². The maximum absolute atomic E-state index is 13.0. The van der Waals surface area contributed by atoms with E-state index in [9.17, 15) is 14.0 Å². The molecule has 0 aliphatic carbocycles. The first-order valence-electron chi connectivity index (χ1n) is 9.02. The number of hydrogen-bond donors (Lipinski definition) is 2. The molecule has 2 amide bonds. The Kier molecular flexibility index (Phi) is 4.17. The average Bonchev–Trinajstić information content (AvgIpc) is 3.00. The van der Waals surface area contributed by atoms with Crippen molar-refractivity contribution in [2.75, 3.05) is 18.4 Å². The van der Waals surface area contributed by atoms with E-state index in [0.717, 1.165) is 0 Å². The normalized spacial score (nSPS) is 14.9. The van der Waals surface area contributed by atoms with Crippen molar-refractivity contribution in [1.82, 2.24) is 24.6 Å². The van der Waals surface area contributed by atoms with E-state index in [2.05, 4.69) is 20.4 Å². The van der Waals surface area contributed by atoms with Crippen LogP contribution in [0.25, 0.3) is 11.0 Å². The molecule has 1 aliphatic rings. The standard InChI is InChI=1S/C19H21FN6O2/c1-19(2,3)26-16-14(8-21-26)17(27)24-15(23-16)11-9-25(10-11)18(28)22-13-6-4-12(20)5-7-13/h4-8,11H,9-10H2,1-3H3,(H,22,28)(H,23,24,27). The van der Waals surface area contributed by atoms with Gasteiger partial charge < -0.3 is 15.2 Å². The molecule has 0 radical (unpaired) electrons. The molecule has 1 fully saturated rings. The Morgan fingerprint density at radius 3 is 2.57 bits per heavy atom. The lowest BCUT2D eigenvalue weighted by Crippen LogP contribution is -2.51. The number of halogens is 1. The monoisotopic (exact) mass is 384 g/mol. The quantitative estimate of drug-likeness (QED) is 0.710. The minimum atomic E-state index is -0.359. The third-order valence-corrected chi connectivity index (χ3v) is 4.74. The van der Waals surface area contributed by atoms with Gasteiger partial charge in [0.15, 0.2) is 5.65 Å². The summed E-state index contributed by atoms with van der Waals surface area (Å²) in [7, 11) is 0. The summed E-state index contributed by atoms with van der Waals surface area (Å²) in [6.45, 7) is 6.85. The number of anilines is 1. The molecule has 9 heteroatoms. The lowest BCUT2D eigenvalue weighted by molar-refractivity contribution is 0.161. The van der Waals surface area contributed by atoms with Crippen LogP contribution in [-0.2, 0) is 5.54 Å². The van der Waals surface area contributed by atoms with E-state index in [4.69, 9.17) is 0 Å². The first-order valence-corrected chi connectivity index (χ1v) is 9.02. The summed E-state index contributed by atoms with van der Waals surface area (Å²) in [6.07, 6.45) is 1.53. The Balaban J connectivity index is 1.49. The van der Waals surface area contributed by atoms with Crippen LogP contribution >= 0.6 is 0 Å². The number of fused-ring (bicyclic) bond motifs is 1. The fourth-order valence-electron chi connectivity index (χ4n) is 3.17. The topological polar surface area (TPSA) is 95.9 Å². The summed E-state index contributed by atoms with van der Waals surface area (Å²) < 4.78 is 14.7.